The minimum Gasteiger partial charge on any atom is -0.507 e. The van der Waals surface area contributed by atoms with Crippen molar-refractivity contribution in [3.05, 3.63) is 59.0 Å². The number of carbonyl (C=O) groups is 2. The smallest absolute Gasteiger partial charge is 0.256 e. The molecule has 9 heteroatoms. The zero-order valence-corrected chi connectivity index (χ0v) is 19.3. The molecule has 1 aromatic heterocycles. The first-order valence-electron chi connectivity index (χ1n) is 11.3. The van der Waals surface area contributed by atoms with Crippen LogP contribution in [0, 0.1) is 11.7 Å². The second-order valence-electron chi connectivity index (χ2n) is 8.91. The van der Waals surface area contributed by atoms with E-state index in [1.165, 1.54) is 24.3 Å². The third-order valence-electron chi connectivity index (χ3n) is 6.65. The molecule has 2 amide bonds. The molecule has 176 valence electrons. The Morgan fingerprint density at radius 2 is 2.00 bits per heavy atom. The van der Waals surface area contributed by atoms with Crippen molar-refractivity contribution in [1.29, 1.82) is 0 Å². The van der Waals surface area contributed by atoms with E-state index in [0.29, 0.717) is 55.6 Å². The Morgan fingerprint density at radius 1 is 1.26 bits per heavy atom. The van der Waals surface area contributed by atoms with E-state index >= 15 is 0 Å². The maximum absolute atomic E-state index is 14.6. The number of phenolic OH excluding ortho intramolecular Hbond substituents is 1. The summed E-state index contributed by atoms with van der Waals surface area (Å²) in [4.78, 5) is 37.9. The summed E-state index contributed by atoms with van der Waals surface area (Å²) in [6.07, 6.45) is 4.03. The van der Waals surface area contributed by atoms with E-state index in [9.17, 15) is 19.1 Å². The lowest BCUT2D eigenvalue weighted by Crippen LogP contribution is -2.51. The highest BCUT2D eigenvalue weighted by Gasteiger charge is 2.39. The van der Waals surface area contributed by atoms with Gasteiger partial charge in [0.05, 0.1) is 27.9 Å². The van der Waals surface area contributed by atoms with Gasteiger partial charge < -0.3 is 14.9 Å². The second-order valence-corrected chi connectivity index (χ2v) is 9.31. The number of fused-ring (bicyclic) bond motifs is 1. The van der Waals surface area contributed by atoms with E-state index in [1.54, 1.807) is 11.0 Å². The van der Waals surface area contributed by atoms with Crippen molar-refractivity contribution < 1.29 is 19.1 Å². The zero-order valence-electron chi connectivity index (χ0n) is 18.5. The van der Waals surface area contributed by atoms with Crippen LogP contribution >= 0.6 is 11.6 Å². The van der Waals surface area contributed by atoms with Crippen LogP contribution in [-0.2, 0) is 9.59 Å². The summed E-state index contributed by atoms with van der Waals surface area (Å²) in [7, 11) is 0. The molecule has 3 aliphatic rings. The van der Waals surface area contributed by atoms with Crippen molar-refractivity contribution in [2.24, 2.45) is 10.9 Å². The highest BCUT2D eigenvalue weighted by atomic mass is 35.5. The quantitative estimate of drug-likeness (QED) is 0.671. The Hall–Kier alpha value is -3.26. The van der Waals surface area contributed by atoms with Gasteiger partial charge in [0.1, 0.15) is 17.4 Å². The minimum absolute atomic E-state index is 0.0893. The van der Waals surface area contributed by atoms with Gasteiger partial charge >= 0.3 is 0 Å². The molecule has 2 aliphatic heterocycles. The fourth-order valence-electron chi connectivity index (χ4n) is 4.64. The number of nitrogens with zero attached hydrogens (tertiary/aromatic N) is 4. The number of piperazine rings is 1. The second kappa shape index (κ2) is 8.83. The monoisotopic (exact) mass is 482 g/mol. The van der Waals surface area contributed by atoms with Gasteiger partial charge in [-0.1, -0.05) is 37.1 Å². The summed E-state index contributed by atoms with van der Waals surface area (Å²) >= 11 is 6.57. The largest absolute Gasteiger partial charge is 0.507 e. The predicted octanol–water partition coefficient (Wildman–Crippen LogP) is 3.75. The molecule has 5 rings (SSSR count). The number of pyridine rings is 1. The number of halogens is 2. The van der Waals surface area contributed by atoms with Crippen LogP contribution in [0.1, 0.15) is 36.4 Å². The number of benzene rings is 1. The average molecular weight is 483 g/mol. The molecule has 0 spiro atoms. The molecule has 1 unspecified atom stereocenters. The van der Waals surface area contributed by atoms with Crippen LogP contribution in [0.2, 0.25) is 5.02 Å². The predicted molar refractivity (Wildman–Crippen MR) is 126 cm³/mol. The molecule has 1 N–H and O–H groups in total. The molecule has 2 aromatic rings. The number of carbonyl (C=O) groups excluding carboxylic acids is 2. The van der Waals surface area contributed by atoms with Crippen LogP contribution in [-0.4, -0.2) is 63.7 Å². The van der Waals surface area contributed by atoms with Crippen LogP contribution < -0.4 is 0 Å². The Bertz CT molecular complexity index is 1200. The summed E-state index contributed by atoms with van der Waals surface area (Å²) in [6, 6.07) is 5.68. The Labute approximate surface area is 201 Å². The number of phenols is 1. The number of hydrogen-bond acceptors (Lipinski definition) is 5. The van der Waals surface area contributed by atoms with E-state index in [4.69, 9.17) is 11.6 Å². The number of aliphatic imine (C=N–C) groups is 1. The molecule has 1 aromatic carbocycles. The molecule has 1 aliphatic carbocycles. The van der Waals surface area contributed by atoms with Gasteiger partial charge in [0.2, 0.25) is 5.91 Å². The molecule has 1 saturated carbocycles. The highest BCUT2D eigenvalue weighted by molar-refractivity contribution is 6.33. The molecule has 7 nitrogen and oxygen atoms in total. The standard InChI is InChI=1S/C25H24ClFN4O3/c1-2-20(33)30-8-10-31(11-9-30)24-15-13-17(26)23(21-18(27)4-3-5-19(21)32)28-22(15)16(25(34)29-24)12-14-6-7-14/h2-5,13-14,16,32H,1,6-12H2. The minimum atomic E-state index is -0.646. The topological polar surface area (TPSA) is 86.1 Å². The molecule has 1 atom stereocenters. The van der Waals surface area contributed by atoms with Crippen LogP contribution in [0.4, 0.5) is 4.39 Å². The van der Waals surface area contributed by atoms with Gasteiger partial charge in [-0.2, -0.15) is 4.99 Å². The van der Waals surface area contributed by atoms with Gasteiger partial charge in [-0.3, -0.25) is 9.59 Å². The van der Waals surface area contributed by atoms with E-state index < -0.39 is 11.7 Å². The third-order valence-corrected chi connectivity index (χ3v) is 6.94. The Balaban J connectivity index is 1.56. The first-order valence-corrected chi connectivity index (χ1v) is 11.7. The molecule has 0 bridgehead atoms. The molecule has 2 fully saturated rings. The van der Waals surface area contributed by atoms with Crippen LogP contribution in [0.5, 0.6) is 5.75 Å². The molecular weight excluding hydrogens is 459 g/mol. The van der Waals surface area contributed by atoms with Gasteiger partial charge in [0.25, 0.3) is 5.91 Å². The van der Waals surface area contributed by atoms with Crippen LogP contribution in [0.25, 0.3) is 11.3 Å². The summed E-state index contributed by atoms with van der Waals surface area (Å²) < 4.78 is 14.6. The van der Waals surface area contributed by atoms with Crippen molar-refractivity contribution in [3.63, 3.8) is 0 Å². The number of aromatic hydroxyl groups is 1. The third kappa shape index (κ3) is 4.07. The highest BCUT2D eigenvalue weighted by Crippen LogP contribution is 2.43. The van der Waals surface area contributed by atoms with E-state index in [1.807, 2.05) is 4.90 Å². The van der Waals surface area contributed by atoms with E-state index in [2.05, 4.69) is 16.6 Å². The number of aromatic nitrogens is 1. The van der Waals surface area contributed by atoms with Gasteiger partial charge in [-0.05, 0) is 36.6 Å². The number of amides is 2. The SMILES string of the molecule is C=CC(=O)N1CCN(C2=NC(=O)C(CC3CC3)c3nc(-c4c(O)cccc4F)c(Cl)cc32)CC1. The Morgan fingerprint density at radius 3 is 2.65 bits per heavy atom. The zero-order chi connectivity index (χ0) is 24.0. The first kappa shape index (κ1) is 22.5. The number of hydrogen-bond donors (Lipinski definition) is 1. The molecule has 0 radical (unpaired) electrons. The van der Waals surface area contributed by atoms with Crippen molar-refractivity contribution in [1.82, 2.24) is 14.8 Å². The van der Waals surface area contributed by atoms with E-state index in [-0.39, 0.29) is 33.8 Å². The van der Waals surface area contributed by atoms with E-state index in [0.717, 1.165) is 12.8 Å². The first-order chi connectivity index (χ1) is 16.4. The average Bonchev–Trinajstić information content (AvgIpc) is 3.65. The molecular formula is C25H24ClFN4O3. The lowest BCUT2D eigenvalue weighted by molar-refractivity contribution is -0.127. The van der Waals surface area contributed by atoms with Crippen LogP contribution in [0.15, 0.2) is 41.9 Å². The molecule has 3 heterocycles. The van der Waals surface area contributed by atoms with Crippen molar-refractivity contribution in [2.45, 2.75) is 25.2 Å². The van der Waals surface area contributed by atoms with Gasteiger partial charge in [0.15, 0.2) is 0 Å². The number of amidine groups is 1. The maximum atomic E-state index is 14.6. The van der Waals surface area contributed by atoms with Crippen molar-refractivity contribution >= 4 is 29.3 Å². The normalized spacial score (nSPS) is 20.1. The summed E-state index contributed by atoms with van der Waals surface area (Å²) in [6.45, 7) is 5.47. The molecule has 1 saturated heterocycles. The summed E-state index contributed by atoms with van der Waals surface area (Å²) in [5, 5.41) is 10.5. The van der Waals surface area contributed by atoms with Crippen molar-refractivity contribution in [2.75, 3.05) is 26.2 Å². The van der Waals surface area contributed by atoms with Gasteiger partial charge in [0, 0.05) is 31.7 Å². The lowest BCUT2D eigenvalue weighted by Gasteiger charge is -2.38. The fourth-order valence-corrected chi connectivity index (χ4v) is 4.88. The fraction of sp³-hybridized carbons (Fsp3) is 0.360. The number of rotatable bonds is 4. The maximum Gasteiger partial charge on any atom is 0.256 e. The van der Waals surface area contributed by atoms with Gasteiger partial charge in [-0.15, -0.1) is 0 Å². The van der Waals surface area contributed by atoms with Gasteiger partial charge in [-0.25, -0.2) is 9.37 Å². The van der Waals surface area contributed by atoms with Crippen molar-refractivity contribution in [3.8, 4) is 17.0 Å². The summed E-state index contributed by atoms with van der Waals surface area (Å²) in [5.74, 6) is -0.965. The van der Waals surface area contributed by atoms with Crippen LogP contribution in [0.3, 0.4) is 0 Å². The molecule has 34 heavy (non-hydrogen) atoms. The Kier molecular flexibility index (Phi) is 5.85. The lowest BCUT2D eigenvalue weighted by atomic mass is 9.89. The summed E-state index contributed by atoms with van der Waals surface area (Å²) in [5.41, 5.74) is 1.16.